The highest BCUT2D eigenvalue weighted by Crippen LogP contribution is 2.48. The van der Waals surface area contributed by atoms with Gasteiger partial charge in [-0.3, -0.25) is 0 Å². The van der Waals surface area contributed by atoms with Gasteiger partial charge in [0.15, 0.2) is 0 Å². The third kappa shape index (κ3) is 2.95. The van der Waals surface area contributed by atoms with Crippen LogP contribution in [0.5, 0.6) is 5.75 Å². The molecular formula is C23H19NO3. The molecule has 0 amide bonds. The third-order valence-corrected chi connectivity index (χ3v) is 4.69. The average molecular weight is 357 g/mol. The Morgan fingerprint density at radius 1 is 0.963 bits per heavy atom. The zero-order valence-electron chi connectivity index (χ0n) is 15.1. The molecule has 134 valence electrons. The molecule has 4 nitrogen and oxygen atoms in total. The van der Waals surface area contributed by atoms with E-state index in [1.54, 1.807) is 12.1 Å². The summed E-state index contributed by atoms with van der Waals surface area (Å²) in [5.41, 5.74) is 6.84. The van der Waals surface area contributed by atoms with Gasteiger partial charge in [-0.15, -0.1) is 0 Å². The molecule has 4 heteroatoms. The molecule has 27 heavy (non-hydrogen) atoms. The molecule has 3 aromatic rings. The molecule has 3 aromatic carbocycles. The number of hydrogen-bond acceptors (Lipinski definition) is 4. The van der Waals surface area contributed by atoms with Gasteiger partial charge in [0.1, 0.15) is 5.75 Å². The van der Waals surface area contributed by atoms with Gasteiger partial charge in [0, 0.05) is 22.9 Å². The number of rotatable bonds is 2. The van der Waals surface area contributed by atoms with Crippen molar-refractivity contribution in [3.63, 3.8) is 0 Å². The zero-order chi connectivity index (χ0) is 19.0. The topological polar surface area (TPSA) is 49.8 Å². The second-order valence-corrected chi connectivity index (χ2v) is 6.47. The molecule has 0 bridgehead atoms. The molecule has 0 saturated heterocycles. The summed E-state index contributed by atoms with van der Waals surface area (Å²) in [5.74, 6) is -0.224. The molecule has 4 rings (SSSR count). The van der Waals surface area contributed by atoms with Crippen molar-refractivity contribution < 1.29 is 14.6 Å². The van der Waals surface area contributed by atoms with Gasteiger partial charge in [0.25, 0.3) is 0 Å². The van der Waals surface area contributed by atoms with Crippen LogP contribution >= 0.6 is 0 Å². The second-order valence-electron chi connectivity index (χ2n) is 6.47. The number of benzene rings is 3. The number of anilines is 2. The molecule has 0 unspecified atom stereocenters. The Labute approximate surface area is 158 Å². The van der Waals surface area contributed by atoms with Gasteiger partial charge < -0.3 is 14.7 Å². The number of aryl methyl sites for hydroxylation is 1. The lowest BCUT2D eigenvalue weighted by atomic mass is 9.89. The number of nitrogens with zero attached hydrogens (tertiary/aromatic N) is 1. The third-order valence-electron chi connectivity index (χ3n) is 4.69. The largest absolute Gasteiger partial charge is 0.508 e. The molecular weight excluding hydrogens is 338 g/mol. The van der Waals surface area contributed by atoms with Crippen LogP contribution in [0.1, 0.15) is 11.1 Å². The number of carbonyl (C=O) groups is 1. The number of esters is 1. The molecule has 0 aliphatic carbocycles. The molecule has 1 aliphatic heterocycles. The minimum atomic E-state index is -0.417. The first-order chi connectivity index (χ1) is 13.1. The number of fused-ring (bicyclic) bond motifs is 3. The molecule has 0 radical (unpaired) electrons. The van der Waals surface area contributed by atoms with E-state index in [0.29, 0.717) is 0 Å². The number of phenols is 1. The van der Waals surface area contributed by atoms with E-state index < -0.39 is 5.97 Å². The Balaban J connectivity index is 2.03. The number of carbonyl (C=O) groups excluding carboxylic acids is 1. The van der Waals surface area contributed by atoms with E-state index in [1.165, 1.54) is 13.2 Å². The van der Waals surface area contributed by atoms with E-state index in [4.69, 9.17) is 4.74 Å². The second kappa shape index (κ2) is 6.65. The minimum absolute atomic E-state index is 0.193. The first-order valence-corrected chi connectivity index (χ1v) is 8.68. The normalized spacial score (nSPS) is 13.9. The lowest BCUT2D eigenvalue weighted by Gasteiger charge is -2.35. The van der Waals surface area contributed by atoms with Crippen molar-refractivity contribution >= 4 is 23.0 Å². The fourth-order valence-corrected chi connectivity index (χ4v) is 3.44. The standard InChI is InChI=1S/C23H19NO3/c1-15-7-12-21-20(13-15)18-5-3-4-6-19(18)22(14-23(26)27-2)24(21)16-8-10-17(25)11-9-16/h3-14,25H,1-2H3/b22-14+. The predicted molar refractivity (Wildman–Crippen MR) is 107 cm³/mol. The van der Waals surface area contributed by atoms with Crippen molar-refractivity contribution in [3.05, 3.63) is 83.9 Å². The zero-order valence-corrected chi connectivity index (χ0v) is 15.1. The molecule has 0 fully saturated rings. The summed E-state index contributed by atoms with van der Waals surface area (Å²) >= 11 is 0. The Morgan fingerprint density at radius 2 is 1.67 bits per heavy atom. The number of phenolic OH excluding ortho intramolecular Hbond substituents is 1. The van der Waals surface area contributed by atoms with E-state index in [0.717, 1.165) is 39.3 Å². The van der Waals surface area contributed by atoms with Crippen LogP contribution in [0.4, 0.5) is 11.4 Å². The summed E-state index contributed by atoms with van der Waals surface area (Å²) in [6.45, 7) is 2.06. The van der Waals surface area contributed by atoms with Crippen LogP contribution in [0.3, 0.4) is 0 Å². The highest BCUT2D eigenvalue weighted by atomic mass is 16.5. The van der Waals surface area contributed by atoms with Crippen molar-refractivity contribution in [1.29, 1.82) is 0 Å². The van der Waals surface area contributed by atoms with Crippen LogP contribution in [-0.2, 0) is 9.53 Å². The fraction of sp³-hybridized carbons (Fsp3) is 0.0870. The van der Waals surface area contributed by atoms with E-state index in [9.17, 15) is 9.90 Å². The van der Waals surface area contributed by atoms with Crippen molar-refractivity contribution in [2.75, 3.05) is 12.0 Å². The molecule has 0 aromatic heterocycles. The molecule has 0 atom stereocenters. The number of hydrogen-bond donors (Lipinski definition) is 1. The Morgan fingerprint density at radius 3 is 2.37 bits per heavy atom. The van der Waals surface area contributed by atoms with Gasteiger partial charge in [-0.05, 0) is 48.9 Å². The van der Waals surface area contributed by atoms with Crippen molar-refractivity contribution in [2.45, 2.75) is 6.92 Å². The van der Waals surface area contributed by atoms with Crippen molar-refractivity contribution in [2.24, 2.45) is 0 Å². The van der Waals surface area contributed by atoms with Gasteiger partial charge in [-0.25, -0.2) is 4.79 Å². The monoisotopic (exact) mass is 357 g/mol. The Bertz CT molecular complexity index is 1050. The molecule has 0 spiro atoms. The van der Waals surface area contributed by atoms with Crippen LogP contribution < -0.4 is 4.90 Å². The molecule has 1 aliphatic rings. The summed E-state index contributed by atoms with van der Waals surface area (Å²) in [4.78, 5) is 14.1. The first kappa shape index (κ1) is 16.9. The highest BCUT2D eigenvalue weighted by molar-refractivity contribution is 6.07. The van der Waals surface area contributed by atoms with E-state index in [2.05, 4.69) is 31.2 Å². The Kier molecular flexibility index (Phi) is 4.16. The highest BCUT2D eigenvalue weighted by Gasteiger charge is 2.28. The quantitative estimate of drug-likeness (QED) is 0.516. The number of aromatic hydroxyl groups is 1. The van der Waals surface area contributed by atoms with E-state index in [-0.39, 0.29) is 5.75 Å². The van der Waals surface area contributed by atoms with Crippen LogP contribution in [0, 0.1) is 6.92 Å². The lowest BCUT2D eigenvalue weighted by Crippen LogP contribution is -2.21. The maximum atomic E-state index is 12.1. The van der Waals surface area contributed by atoms with Crippen LogP contribution in [0.15, 0.2) is 72.8 Å². The molecule has 1 heterocycles. The van der Waals surface area contributed by atoms with Crippen LogP contribution in [0.2, 0.25) is 0 Å². The van der Waals surface area contributed by atoms with Gasteiger partial charge in [0.05, 0.1) is 18.5 Å². The summed E-state index contributed by atoms with van der Waals surface area (Å²) in [7, 11) is 1.37. The summed E-state index contributed by atoms with van der Waals surface area (Å²) in [6, 6.07) is 21.2. The maximum absolute atomic E-state index is 12.1. The van der Waals surface area contributed by atoms with Gasteiger partial charge >= 0.3 is 5.97 Å². The van der Waals surface area contributed by atoms with Crippen LogP contribution in [-0.4, -0.2) is 18.2 Å². The first-order valence-electron chi connectivity index (χ1n) is 8.68. The Hall–Kier alpha value is -3.53. The summed E-state index contributed by atoms with van der Waals surface area (Å²) in [5, 5.41) is 9.69. The maximum Gasteiger partial charge on any atom is 0.332 e. The SMILES string of the molecule is COC(=O)/C=C1\c2ccccc2-c2cc(C)ccc2N1c1ccc(O)cc1. The lowest BCUT2D eigenvalue weighted by molar-refractivity contribution is -0.134. The summed E-state index contributed by atoms with van der Waals surface area (Å²) < 4.78 is 4.90. The minimum Gasteiger partial charge on any atom is -0.508 e. The predicted octanol–water partition coefficient (Wildman–Crippen LogP) is 5.03. The van der Waals surface area contributed by atoms with E-state index in [1.807, 2.05) is 35.2 Å². The van der Waals surface area contributed by atoms with Gasteiger partial charge in [-0.2, -0.15) is 0 Å². The molecule has 0 saturated carbocycles. The average Bonchev–Trinajstić information content (AvgIpc) is 2.69. The van der Waals surface area contributed by atoms with Crippen molar-refractivity contribution in [1.82, 2.24) is 0 Å². The van der Waals surface area contributed by atoms with Gasteiger partial charge in [-0.1, -0.05) is 35.9 Å². The van der Waals surface area contributed by atoms with Crippen molar-refractivity contribution in [3.8, 4) is 16.9 Å². The fourth-order valence-electron chi connectivity index (χ4n) is 3.44. The van der Waals surface area contributed by atoms with Crippen LogP contribution in [0.25, 0.3) is 16.8 Å². The van der Waals surface area contributed by atoms with E-state index >= 15 is 0 Å². The number of ether oxygens (including phenoxy) is 1. The molecule has 1 N–H and O–H groups in total. The number of methoxy groups -OCH3 is 1. The van der Waals surface area contributed by atoms with Gasteiger partial charge in [0.2, 0.25) is 0 Å². The summed E-state index contributed by atoms with van der Waals surface area (Å²) in [6.07, 6.45) is 1.51. The smallest absolute Gasteiger partial charge is 0.332 e.